The van der Waals surface area contributed by atoms with Gasteiger partial charge in [0.05, 0.1) is 38.6 Å². The Kier molecular flexibility index (Phi) is 4.99. The van der Waals surface area contributed by atoms with Crippen molar-refractivity contribution < 1.29 is 22.8 Å². The van der Waals surface area contributed by atoms with Gasteiger partial charge in [-0.15, -0.1) is 0 Å². The number of ether oxygens (including phenoxy) is 1. The van der Waals surface area contributed by atoms with Gasteiger partial charge in [-0.2, -0.15) is 0 Å². The van der Waals surface area contributed by atoms with Gasteiger partial charge in [0.25, 0.3) is 0 Å². The van der Waals surface area contributed by atoms with Crippen LogP contribution in [0.2, 0.25) is 10.0 Å². The molecule has 0 radical (unpaired) electrons. The van der Waals surface area contributed by atoms with Crippen molar-refractivity contribution in [2.45, 2.75) is 18.2 Å². The van der Waals surface area contributed by atoms with E-state index in [2.05, 4.69) is 5.16 Å². The lowest BCUT2D eigenvalue weighted by atomic mass is 10.0. The Hall–Kier alpha value is -1.31. The van der Waals surface area contributed by atoms with E-state index in [9.17, 15) is 13.2 Å². The minimum Gasteiger partial charge on any atom is -0.462 e. The van der Waals surface area contributed by atoms with E-state index < -0.39 is 15.8 Å². The zero-order valence-electron chi connectivity index (χ0n) is 11.9. The van der Waals surface area contributed by atoms with Crippen LogP contribution in [0, 0.1) is 0 Å². The number of esters is 1. The number of halogens is 2. The lowest BCUT2D eigenvalue weighted by molar-refractivity contribution is 0.0526. The third-order valence-electron chi connectivity index (χ3n) is 3.08. The summed E-state index contributed by atoms with van der Waals surface area (Å²) in [6.07, 6.45) is 0.117. The molecular formula is C13H13Cl2NO5S. The average Bonchev–Trinajstić information content (AvgIpc) is 2.44. The van der Waals surface area contributed by atoms with E-state index in [-0.39, 0.29) is 44.8 Å². The molecule has 0 N–H and O–H groups in total. The van der Waals surface area contributed by atoms with Gasteiger partial charge in [0.2, 0.25) is 0 Å². The maximum Gasteiger partial charge on any atom is 0.339 e. The van der Waals surface area contributed by atoms with Crippen LogP contribution in [0.25, 0.3) is 0 Å². The summed E-state index contributed by atoms with van der Waals surface area (Å²) < 4.78 is 29.4. The number of hydrogen-bond acceptors (Lipinski definition) is 6. The Morgan fingerprint density at radius 3 is 2.68 bits per heavy atom. The molecule has 1 aromatic rings. The quantitative estimate of drug-likeness (QED) is 0.607. The van der Waals surface area contributed by atoms with Gasteiger partial charge in [-0.3, -0.25) is 0 Å². The minimum absolute atomic E-state index is 0.00632. The summed E-state index contributed by atoms with van der Waals surface area (Å²) in [5.74, 6) is -0.839. The van der Waals surface area contributed by atoms with Gasteiger partial charge < -0.3 is 9.57 Å². The first-order valence-electron chi connectivity index (χ1n) is 6.35. The van der Waals surface area contributed by atoms with Crippen molar-refractivity contribution in [3.8, 4) is 0 Å². The molecule has 1 aromatic carbocycles. The minimum atomic E-state index is -3.61. The summed E-state index contributed by atoms with van der Waals surface area (Å²) >= 11 is 12.3. The van der Waals surface area contributed by atoms with Crippen molar-refractivity contribution in [3.63, 3.8) is 0 Å². The molecule has 0 unspecified atom stereocenters. The van der Waals surface area contributed by atoms with Crippen LogP contribution in [-0.2, 0) is 19.4 Å². The Morgan fingerprint density at radius 2 is 2.09 bits per heavy atom. The highest BCUT2D eigenvalue weighted by atomic mass is 35.5. The van der Waals surface area contributed by atoms with Gasteiger partial charge in [-0.25, -0.2) is 13.2 Å². The van der Waals surface area contributed by atoms with Gasteiger partial charge in [-0.1, -0.05) is 28.4 Å². The van der Waals surface area contributed by atoms with Crippen molar-refractivity contribution in [2.75, 3.05) is 19.5 Å². The third kappa shape index (κ3) is 2.93. The Labute approximate surface area is 137 Å². The van der Waals surface area contributed by atoms with Crippen LogP contribution in [-0.4, -0.2) is 39.6 Å². The molecule has 0 fully saturated rings. The summed E-state index contributed by atoms with van der Waals surface area (Å²) in [6.45, 7) is 1.80. The molecule has 1 aliphatic heterocycles. The Bertz CT molecular complexity index is 758. The number of hydrogen-bond donors (Lipinski definition) is 0. The fraction of sp³-hybridized carbons (Fsp3) is 0.385. The highest BCUT2D eigenvalue weighted by molar-refractivity contribution is 7.91. The van der Waals surface area contributed by atoms with Crippen molar-refractivity contribution >= 4 is 44.7 Å². The summed E-state index contributed by atoms with van der Waals surface area (Å²) in [5, 5.41) is 3.65. The van der Waals surface area contributed by atoms with Crippen molar-refractivity contribution in [1.29, 1.82) is 0 Å². The maximum atomic E-state index is 12.2. The topological polar surface area (TPSA) is 82.0 Å². The first kappa shape index (κ1) is 17.1. The molecule has 22 heavy (non-hydrogen) atoms. The monoisotopic (exact) mass is 365 g/mol. The number of rotatable bonds is 3. The molecule has 0 saturated carbocycles. The van der Waals surface area contributed by atoms with Crippen LogP contribution >= 0.6 is 23.2 Å². The van der Waals surface area contributed by atoms with E-state index in [1.54, 1.807) is 6.92 Å². The number of fused-ring (bicyclic) bond motifs is 1. The van der Waals surface area contributed by atoms with E-state index in [0.29, 0.717) is 5.71 Å². The molecule has 2 rings (SSSR count). The lowest BCUT2D eigenvalue weighted by Crippen LogP contribution is -2.24. The molecule has 0 aromatic heterocycles. The highest BCUT2D eigenvalue weighted by Crippen LogP contribution is 2.39. The molecule has 0 saturated heterocycles. The van der Waals surface area contributed by atoms with Gasteiger partial charge in [0.15, 0.2) is 9.84 Å². The zero-order valence-corrected chi connectivity index (χ0v) is 14.2. The summed E-state index contributed by atoms with van der Waals surface area (Å²) in [5.41, 5.74) is 0.420. The molecule has 1 heterocycles. The van der Waals surface area contributed by atoms with Gasteiger partial charge in [0, 0.05) is 12.0 Å². The summed E-state index contributed by atoms with van der Waals surface area (Å²) in [4.78, 5) is 16.5. The predicted molar refractivity (Wildman–Crippen MR) is 82.6 cm³/mol. The normalized spacial score (nSPS) is 17.9. The van der Waals surface area contributed by atoms with Crippen LogP contribution in [0.3, 0.4) is 0 Å². The molecule has 0 bridgehead atoms. The van der Waals surface area contributed by atoms with Crippen molar-refractivity contribution in [2.24, 2.45) is 5.16 Å². The van der Waals surface area contributed by atoms with Crippen LogP contribution in [0.1, 0.15) is 29.3 Å². The Morgan fingerprint density at radius 1 is 1.41 bits per heavy atom. The van der Waals surface area contributed by atoms with Crippen LogP contribution < -0.4 is 0 Å². The largest absolute Gasteiger partial charge is 0.462 e. The number of benzene rings is 1. The molecule has 120 valence electrons. The predicted octanol–water partition coefficient (Wildman–Crippen LogP) is 2.70. The SMILES string of the molecule is CCOC(=O)c1cc(Cl)c2c(c1Cl)C(=NOC)CCS2(=O)=O. The van der Waals surface area contributed by atoms with E-state index in [1.165, 1.54) is 13.2 Å². The van der Waals surface area contributed by atoms with E-state index in [4.69, 9.17) is 32.8 Å². The third-order valence-corrected chi connectivity index (χ3v) is 5.67. The maximum absolute atomic E-state index is 12.2. The summed E-state index contributed by atoms with van der Waals surface area (Å²) in [6, 6.07) is 1.20. The van der Waals surface area contributed by atoms with Gasteiger partial charge in [-0.05, 0) is 13.0 Å². The van der Waals surface area contributed by atoms with E-state index >= 15 is 0 Å². The molecular weight excluding hydrogens is 353 g/mol. The average molecular weight is 366 g/mol. The number of carbonyl (C=O) groups is 1. The Balaban J connectivity index is 2.79. The second kappa shape index (κ2) is 6.44. The fourth-order valence-electron chi connectivity index (χ4n) is 2.19. The smallest absolute Gasteiger partial charge is 0.339 e. The van der Waals surface area contributed by atoms with Gasteiger partial charge >= 0.3 is 5.97 Å². The molecule has 0 atom stereocenters. The lowest BCUT2D eigenvalue weighted by Gasteiger charge is -2.21. The first-order valence-corrected chi connectivity index (χ1v) is 8.76. The highest BCUT2D eigenvalue weighted by Gasteiger charge is 2.35. The van der Waals surface area contributed by atoms with E-state index in [1.807, 2.05) is 0 Å². The van der Waals surface area contributed by atoms with Gasteiger partial charge in [0.1, 0.15) is 7.11 Å². The molecule has 1 aliphatic rings. The standard InChI is InChI=1S/C13H13Cl2NO5S/c1-3-21-13(17)7-6-8(14)12-10(11(7)15)9(16-20-2)4-5-22(12,18)19/h6H,3-5H2,1-2H3. The summed E-state index contributed by atoms with van der Waals surface area (Å²) in [7, 11) is -2.27. The number of sulfone groups is 1. The zero-order chi connectivity index (χ0) is 16.5. The number of nitrogens with zero attached hydrogens (tertiary/aromatic N) is 1. The molecule has 0 spiro atoms. The van der Waals surface area contributed by atoms with Crippen LogP contribution in [0.5, 0.6) is 0 Å². The number of carbonyl (C=O) groups excluding carboxylic acids is 1. The molecule has 6 nitrogen and oxygen atoms in total. The second-order valence-electron chi connectivity index (χ2n) is 4.43. The van der Waals surface area contributed by atoms with E-state index in [0.717, 1.165) is 0 Å². The molecule has 0 amide bonds. The fourth-order valence-corrected chi connectivity index (χ4v) is 4.69. The van der Waals surface area contributed by atoms with Crippen molar-refractivity contribution in [1.82, 2.24) is 0 Å². The van der Waals surface area contributed by atoms with Crippen LogP contribution in [0.4, 0.5) is 0 Å². The first-order chi connectivity index (χ1) is 10.3. The van der Waals surface area contributed by atoms with Crippen LogP contribution in [0.15, 0.2) is 16.1 Å². The molecule has 0 aliphatic carbocycles. The van der Waals surface area contributed by atoms with Crippen molar-refractivity contribution in [3.05, 3.63) is 27.2 Å². The second-order valence-corrected chi connectivity index (χ2v) is 7.27. The number of oxime groups is 1. The molecule has 9 heteroatoms.